The fourth-order valence-corrected chi connectivity index (χ4v) is 3.27. The molecule has 0 aliphatic heterocycles. The molecule has 0 unspecified atom stereocenters. The van der Waals surface area contributed by atoms with Crippen LogP contribution in [0.4, 0.5) is 5.69 Å². The summed E-state index contributed by atoms with van der Waals surface area (Å²) in [5.41, 5.74) is 2.17. The highest BCUT2D eigenvalue weighted by molar-refractivity contribution is 8.00. The summed E-state index contributed by atoms with van der Waals surface area (Å²) in [6.07, 6.45) is 0. The average molecular weight is 410 g/mol. The van der Waals surface area contributed by atoms with Crippen molar-refractivity contribution < 1.29 is 14.3 Å². The number of anilines is 1. The van der Waals surface area contributed by atoms with Crippen LogP contribution in [-0.2, 0) is 11.4 Å². The van der Waals surface area contributed by atoms with Gasteiger partial charge in [0.2, 0.25) is 11.1 Å². The molecule has 1 amide bonds. The molecule has 8 heteroatoms. The summed E-state index contributed by atoms with van der Waals surface area (Å²) < 4.78 is 5.75. The number of nitrogens with zero attached hydrogens (tertiary/aromatic N) is 2. The van der Waals surface area contributed by atoms with E-state index in [9.17, 15) is 9.59 Å². The van der Waals surface area contributed by atoms with E-state index in [1.54, 1.807) is 31.2 Å². The molecule has 0 radical (unpaired) electrons. The first-order valence-corrected chi connectivity index (χ1v) is 9.98. The molecule has 0 saturated carbocycles. The molecular formula is C21H22N4O3S. The molecule has 1 heterocycles. The van der Waals surface area contributed by atoms with E-state index in [-0.39, 0.29) is 18.3 Å². The standard InChI is InChI=1S/C21H22N4O3S/c1-13-7-4-5-10-18(13)28-12-19-23-21(25-24-19)29-15(3)20(27)22-17-9-6-8-16(11-17)14(2)26/h4-11,15H,12H2,1-3H3,(H,22,27)(H,23,24,25)/t15-/m0/s1. The van der Waals surface area contributed by atoms with Crippen LogP contribution in [0.2, 0.25) is 0 Å². The lowest BCUT2D eigenvalue weighted by Crippen LogP contribution is -2.22. The number of para-hydroxylation sites is 1. The fourth-order valence-electron chi connectivity index (χ4n) is 2.53. The van der Waals surface area contributed by atoms with Gasteiger partial charge in [0.15, 0.2) is 11.6 Å². The number of benzene rings is 2. The molecule has 2 N–H and O–H groups in total. The van der Waals surface area contributed by atoms with Gasteiger partial charge in [0.05, 0.1) is 5.25 Å². The van der Waals surface area contributed by atoms with Crippen molar-refractivity contribution in [3.8, 4) is 5.75 Å². The Hall–Kier alpha value is -3.13. The third-order valence-corrected chi connectivity index (χ3v) is 5.12. The van der Waals surface area contributed by atoms with Crippen LogP contribution in [-0.4, -0.2) is 32.1 Å². The lowest BCUT2D eigenvalue weighted by molar-refractivity contribution is -0.115. The van der Waals surface area contributed by atoms with E-state index in [0.717, 1.165) is 11.3 Å². The Bertz CT molecular complexity index is 1020. The van der Waals surface area contributed by atoms with Crippen LogP contribution in [0.15, 0.2) is 53.7 Å². The number of hydrogen-bond acceptors (Lipinski definition) is 6. The van der Waals surface area contributed by atoms with Gasteiger partial charge < -0.3 is 10.1 Å². The number of amides is 1. The van der Waals surface area contributed by atoms with Crippen LogP contribution in [0.1, 0.15) is 35.6 Å². The molecule has 2 aromatic carbocycles. The molecule has 29 heavy (non-hydrogen) atoms. The summed E-state index contributed by atoms with van der Waals surface area (Å²) in [7, 11) is 0. The number of thioether (sulfide) groups is 1. The highest BCUT2D eigenvalue weighted by Gasteiger charge is 2.18. The Balaban J connectivity index is 1.54. The quantitative estimate of drug-likeness (QED) is 0.430. The lowest BCUT2D eigenvalue weighted by atomic mass is 10.1. The summed E-state index contributed by atoms with van der Waals surface area (Å²) in [5.74, 6) is 1.12. The largest absolute Gasteiger partial charge is 0.485 e. The number of ketones is 1. The molecule has 3 rings (SSSR count). The van der Waals surface area contributed by atoms with Gasteiger partial charge in [-0.15, -0.1) is 5.10 Å². The van der Waals surface area contributed by atoms with E-state index in [0.29, 0.717) is 22.2 Å². The van der Waals surface area contributed by atoms with Crippen LogP contribution in [0, 0.1) is 6.92 Å². The van der Waals surface area contributed by atoms with Gasteiger partial charge in [0.1, 0.15) is 12.4 Å². The summed E-state index contributed by atoms with van der Waals surface area (Å²) in [6.45, 7) is 5.50. The monoisotopic (exact) mass is 410 g/mol. The zero-order chi connectivity index (χ0) is 20.8. The van der Waals surface area contributed by atoms with E-state index in [2.05, 4.69) is 20.5 Å². The molecule has 1 atom stereocenters. The number of aryl methyl sites for hydroxylation is 1. The maximum atomic E-state index is 12.4. The maximum Gasteiger partial charge on any atom is 0.237 e. The van der Waals surface area contributed by atoms with Crippen molar-refractivity contribution in [1.29, 1.82) is 0 Å². The fraction of sp³-hybridized carbons (Fsp3) is 0.238. The average Bonchev–Trinajstić information content (AvgIpc) is 3.14. The topological polar surface area (TPSA) is 97.0 Å². The number of carbonyl (C=O) groups is 2. The van der Waals surface area contributed by atoms with Gasteiger partial charge in [0.25, 0.3) is 0 Å². The zero-order valence-corrected chi connectivity index (χ0v) is 17.2. The van der Waals surface area contributed by atoms with E-state index in [4.69, 9.17) is 4.74 Å². The Kier molecular flexibility index (Phi) is 6.66. The number of aromatic amines is 1. The van der Waals surface area contributed by atoms with E-state index >= 15 is 0 Å². The lowest BCUT2D eigenvalue weighted by Gasteiger charge is -2.10. The smallest absolute Gasteiger partial charge is 0.237 e. The van der Waals surface area contributed by atoms with Gasteiger partial charge in [-0.05, 0) is 44.5 Å². The SMILES string of the molecule is CC(=O)c1cccc(NC(=O)[C@H](C)Sc2n[nH]c(COc3ccccc3C)n2)c1. The number of rotatable bonds is 8. The molecule has 3 aromatic rings. The van der Waals surface area contributed by atoms with Crippen molar-refractivity contribution in [3.63, 3.8) is 0 Å². The van der Waals surface area contributed by atoms with Crippen molar-refractivity contribution in [2.75, 3.05) is 5.32 Å². The number of hydrogen-bond donors (Lipinski definition) is 2. The molecule has 150 valence electrons. The van der Waals surface area contributed by atoms with Crippen LogP contribution < -0.4 is 10.1 Å². The third kappa shape index (κ3) is 5.68. The molecule has 0 aliphatic rings. The second-order valence-corrected chi connectivity index (χ2v) is 7.81. The molecule has 7 nitrogen and oxygen atoms in total. The first-order valence-electron chi connectivity index (χ1n) is 9.10. The molecule has 0 spiro atoms. The van der Waals surface area contributed by atoms with Crippen molar-refractivity contribution in [2.45, 2.75) is 37.8 Å². The zero-order valence-electron chi connectivity index (χ0n) is 16.4. The van der Waals surface area contributed by atoms with Gasteiger partial charge in [-0.25, -0.2) is 4.98 Å². The number of H-pyrrole nitrogens is 1. The maximum absolute atomic E-state index is 12.4. The van der Waals surface area contributed by atoms with Gasteiger partial charge in [-0.2, -0.15) is 0 Å². The van der Waals surface area contributed by atoms with Gasteiger partial charge in [-0.3, -0.25) is 14.7 Å². The number of carbonyl (C=O) groups excluding carboxylic acids is 2. The minimum absolute atomic E-state index is 0.0512. The summed E-state index contributed by atoms with van der Waals surface area (Å²) in [6, 6.07) is 14.6. The summed E-state index contributed by atoms with van der Waals surface area (Å²) in [5, 5.41) is 9.83. The van der Waals surface area contributed by atoms with Crippen LogP contribution >= 0.6 is 11.8 Å². The first-order chi connectivity index (χ1) is 13.9. The number of aromatic nitrogens is 3. The predicted octanol–water partition coefficient (Wildman–Crippen LogP) is 4.01. The second-order valence-electron chi connectivity index (χ2n) is 6.51. The molecule has 0 fully saturated rings. The minimum atomic E-state index is -0.420. The highest BCUT2D eigenvalue weighted by atomic mass is 32.2. The molecule has 1 aromatic heterocycles. The molecular weight excluding hydrogens is 388 g/mol. The van der Waals surface area contributed by atoms with Crippen molar-refractivity contribution in [2.24, 2.45) is 0 Å². The highest BCUT2D eigenvalue weighted by Crippen LogP contribution is 2.22. The van der Waals surface area contributed by atoms with Crippen molar-refractivity contribution in [3.05, 3.63) is 65.5 Å². The predicted molar refractivity (Wildman–Crippen MR) is 112 cm³/mol. The van der Waals surface area contributed by atoms with Gasteiger partial charge in [-0.1, -0.05) is 42.1 Å². The Labute approximate surface area is 173 Å². The Morgan fingerprint density at radius 3 is 2.76 bits per heavy atom. The number of ether oxygens (including phenoxy) is 1. The third-order valence-electron chi connectivity index (χ3n) is 4.16. The minimum Gasteiger partial charge on any atom is -0.485 e. The number of nitrogens with one attached hydrogen (secondary N) is 2. The van der Waals surface area contributed by atoms with Crippen molar-refractivity contribution >= 4 is 29.1 Å². The van der Waals surface area contributed by atoms with Crippen molar-refractivity contribution in [1.82, 2.24) is 15.2 Å². The van der Waals surface area contributed by atoms with E-state index in [1.807, 2.05) is 31.2 Å². The first kappa shape index (κ1) is 20.6. The Morgan fingerprint density at radius 2 is 2.00 bits per heavy atom. The van der Waals surface area contributed by atoms with Gasteiger partial charge >= 0.3 is 0 Å². The van der Waals surface area contributed by atoms with Crippen LogP contribution in [0.5, 0.6) is 5.75 Å². The van der Waals surface area contributed by atoms with Crippen LogP contribution in [0.3, 0.4) is 0 Å². The van der Waals surface area contributed by atoms with E-state index in [1.165, 1.54) is 18.7 Å². The molecule has 0 saturated heterocycles. The molecule has 0 bridgehead atoms. The second kappa shape index (κ2) is 9.38. The van der Waals surface area contributed by atoms with E-state index < -0.39 is 5.25 Å². The molecule has 0 aliphatic carbocycles. The number of Topliss-reactive ketones (excluding diaryl/α,β-unsaturated/α-hetero) is 1. The van der Waals surface area contributed by atoms with Gasteiger partial charge in [0, 0.05) is 11.3 Å². The summed E-state index contributed by atoms with van der Waals surface area (Å²) >= 11 is 1.24. The summed E-state index contributed by atoms with van der Waals surface area (Å²) in [4.78, 5) is 28.3. The van der Waals surface area contributed by atoms with Crippen LogP contribution in [0.25, 0.3) is 0 Å². The normalized spacial score (nSPS) is 11.7. The Morgan fingerprint density at radius 1 is 1.21 bits per heavy atom.